The predicted molar refractivity (Wildman–Crippen MR) is 96.8 cm³/mol. The highest BCUT2D eigenvalue weighted by Crippen LogP contribution is 2.17. The Morgan fingerprint density at radius 2 is 1.75 bits per heavy atom. The van der Waals surface area contributed by atoms with Crippen LogP contribution in [-0.2, 0) is 16.1 Å². The molecule has 2 rings (SSSR count). The van der Waals surface area contributed by atoms with E-state index in [1.165, 1.54) is 5.56 Å². The fourth-order valence-electron chi connectivity index (χ4n) is 2.31. The van der Waals surface area contributed by atoms with Gasteiger partial charge in [-0.2, -0.15) is 11.3 Å². The molecule has 1 heterocycles. The molecule has 5 nitrogen and oxygen atoms in total. The summed E-state index contributed by atoms with van der Waals surface area (Å²) in [5.74, 6) is -1.22. The van der Waals surface area contributed by atoms with E-state index in [-0.39, 0.29) is 6.04 Å². The van der Waals surface area contributed by atoms with Crippen LogP contribution in [-0.4, -0.2) is 37.4 Å². The molecule has 128 valence electrons. The van der Waals surface area contributed by atoms with Gasteiger partial charge >= 0.3 is 11.8 Å². The van der Waals surface area contributed by atoms with Crippen LogP contribution in [0.2, 0.25) is 0 Å². The summed E-state index contributed by atoms with van der Waals surface area (Å²) in [6, 6.07) is 10.1. The molecule has 0 fully saturated rings. The van der Waals surface area contributed by atoms with Crippen molar-refractivity contribution in [3.8, 4) is 0 Å². The highest BCUT2D eigenvalue weighted by atomic mass is 32.1. The summed E-state index contributed by atoms with van der Waals surface area (Å²) < 4.78 is 0. The van der Waals surface area contributed by atoms with Crippen LogP contribution in [0.1, 0.15) is 22.7 Å². The van der Waals surface area contributed by atoms with Crippen molar-refractivity contribution in [3.05, 3.63) is 57.8 Å². The molecule has 0 aliphatic carbocycles. The maximum atomic E-state index is 12.0. The van der Waals surface area contributed by atoms with E-state index < -0.39 is 11.8 Å². The number of hydrogen-bond donors (Lipinski definition) is 2. The maximum Gasteiger partial charge on any atom is 0.309 e. The normalized spacial score (nSPS) is 12.0. The monoisotopic (exact) mass is 345 g/mol. The number of carbonyl (C=O) groups excluding carboxylic acids is 2. The van der Waals surface area contributed by atoms with Crippen LogP contribution in [0.4, 0.5) is 0 Å². The molecule has 1 unspecified atom stereocenters. The Kier molecular flexibility index (Phi) is 6.52. The van der Waals surface area contributed by atoms with Gasteiger partial charge in [0.25, 0.3) is 0 Å². The molecule has 24 heavy (non-hydrogen) atoms. The van der Waals surface area contributed by atoms with Gasteiger partial charge in [-0.05, 0) is 49.0 Å². The molecule has 0 bridgehead atoms. The van der Waals surface area contributed by atoms with Gasteiger partial charge in [-0.3, -0.25) is 9.59 Å². The highest BCUT2D eigenvalue weighted by molar-refractivity contribution is 7.07. The first-order valence-electron chi connectivity index (χ1n) is 7.77. The number of hydrogen-bond acceptors (Lipinski definition) is 4. The molecule has 0 saturated heterocycles. The summed E-state index contributed by atoms with van der Waals surface area (Å²) in [7, 11) is 3.90. The summed E-state index contributed by atoms with van der Waals surface area (Å²) in [4.78, 5) is 25.9. The SMILES string of the molecule is Cc1ccc(C(CNC(=O)C(=O)NCc2ccsc2)N(C)C)cc1. The van der Waals surface area contributed by atoms with E-state index in [2.05, 4.69) is 10.6 Å². The highest BCUT2D eigenvalue weighted by Gasteiger charge is 2.18. The second-order valence-electron chi connectivity index (χ2n) is 5.91. The van der Waals surface area contributed by atoms with Crippen molar-refractivity contribution in [2.45, 2.75) is 19.5 Å². The summed E-state index contributed by atoms with van der Waals surface area (Å²) >= 11 is 1.56. The molecule has 0 spiro atoms. The third-order valence-electron chi connectivity index (χ3n) is 3.78. The number of rotatable bonds is 6. The van der Waals surface area contributed by atoms with Crippen molar-refractivity contribution < 1.29 is 9.59 Å². The van der Waals surface area contributed by atoms with Crippen molar-refractivity contribution in [2.75, 3.05) is 20.6 Å². The first kappa shape index (κ1) is 18.2. The van der Waals surface area contributed by atoms with Crippen molar-refractivity contribution in [1.29, 1.82) is 0 Å². The van der Waals surface area contributed by atoms with E-state index in [0.29, 0.717) is 13.1 Å². The van der Waals surface area contributed by atoms with E-state index in [9.17, 15) is 9.59 Å². The van der Waals surface area contributed by atoms with Crippen molar-refractivity contribution in [2.24, 2.45) is 0 Å². The lowest BCUT2D eigenvalue weighted by atomic mass is 10.0. The lowest BCUT2D eigenvalue weighted by Crippen LogP contribution is -2.42. The summed E-state index contributed by atoms with van der Waals surface area (Å²) in [6.45, 7) is 2.78. The number of amides is 2. The quantitative estimate of drug-likeness (QED) is 0.788. The van der Waals surface area contributed by atoms with Gasteiger partial charge in [0.2, 0.25) is 0 Å². The van der Waals surface area contributed by atoms with Gasteiger partial charge < -0.3 is 15.5 Å². The van der Waals surface area contributed by atoms with E-state index in [1.54, 1.807) is 11.3 Å². The fraction of sp³-hybridized carbons (Fsp3) is 0.333. The molecule has 1 atom stereocenters. The molecule has 0 radical (unpaired) electrons. The Morgan fingerprint density at radius 1 is 1.08 bits per heavy atom. The van der Waals surface area contributed by atoms with Crippen LogP contribution < -0.4 is 10.6 Å². The standard InChI is InChI=1S/C18H23N3O2S/c1-13-4-6-15(7-5-13)16(21(2)3)11-20-18(23)17(22)19-10-14-8-9-24-12-14/h4-9,12,16H,10-11H2,1-3H3,(H,19,22)(H,20,23). The summed E-state index contributed by atoms with van der Waals surface area (Å²) in [6.07, 6.45) is 0. The third kappa shape index (κ3) is 5.18. The number of thiophene rings is 1. The Balaban J connectivity index is 1.87. The lowest BCUT2D eigenvalue weighted by molar-refractivity contribution is -0.139. The van der Waals surface area contributed by atoms with Crippen molar-refractivity contribution in [1.82, 2.24) is 15.5 Å². The largest absolute Gasteiger partial charge is 0.346 e. The van der Waals surface area contributed by atoms with Crippen LogP contribution in [0, 0.1) is 6.92 Å². The molecule has 0 aliphatic heterocycles. The van der Waals surface area contributed by atoms with E-state index in [0.717, 1.165) is 11.1 Å². The molecule has 0 saturated carbocycles. The molecule has 1 aromatic carbocycles. The first-order chi connectivity index (χ1) is 11.5. The lowest BCUT2D eigenvalue weighted by Gasteiger charge is -2.25. The predicted octanol–water partition coefficient (Wildman–Crippen LogP) is 2.09. The molecule has 2 amide bonds. The van der Waals surface area contributed by atoms with Crippen LogP contribution in [0.5, 0.6) is 0 Å². The third-order valence-corrected chi connectivity index (χ3v) is 4.51. The van der Waals surface area contributed by atoms with Crippen LogP contribution >= 0.6 is 11.3 Å². The number of benzene rings is 1. The van der Waals surface area contributed by atoms with Crippen LogP contribution in [0.15, 0.2) is 41.1 Å². The summed E-state index contributed by atoms with van der Waals surface area (Å²) in [5, 5.41) is 9.22. The van der Waals surface area contributed by atoms with Gasteiger partial charge in [-0.25, -0.2) is 0 Å². The molecular weight excluding hydrogens is 322 g/mol. The number of nitrogens with one attached hydrogen (secondary N) is 2. The summed E-state index contributed by atoms with van der Waals surface area (Å²) in [5.41, 5.74) is 3.28. The van der Waals surface area contributed by atoms with E-state index in [1.807, 2.05) is 67.0 Å². The minimum Gasteiger partial charge on any atom is -0.346 e. The van der Waals surface area contributed by atoms with Gasteiger partial charge in [0.1, 0.15) is 0 Å². The number of aryl methyl sites for hydroxylation is 1. The smallest absolute Gasteiger partial charge is 0.309 e. The van der Waals surface area contributed by atoms with Gasteiger partial charge in [-0.15, -0.1) is 0 Å². The topological polar surface area (TPSA) is 61.4 Å². The van der Waals surface area contributed by atoms with Crippen LogP contribution in [0.3, 0.4) is 0 Å². The Bertz CT molecular complexity index is 666. The molecule has 0 aliphatic rings. The zero-order valence-corrected chi connectivity index (χ0v) is 15.0. The van der Waals surface area contributed by atoms with Gasteiger partial charge in [0, 0.05) is 13.1 Å². The average Bonchev–Trinajstić information content (AvgIpc) is 3.07. The Labute approximate surface area is 146 Å². The van der Waals surface area contributed by atoms with Crippen molar-refractivity contribution in [3.63, 3.8) is 0 Å². The van der Waals surface area contributed by atoms with Crippen LogP contribution in [0.25, 0.3) is 0 Å². The number of likely N-dealkylation sites (N-methyl/N-ethyl adjacent to an activating group) is 1. The maximum absolute atomic E-state index is 12.0. The minimum atomic E-state index is -0.609. The Morgan fingerprint density at radius 3 is 2.33 bits per heavy atom. The zero-order chi connectivity index (χ0) is 17.5. The fourth-order valence-corrected chi connectivity index (χ4v) is 2.98. The molecule has 2 aromatic rings. The second kappa shape index (κ2) is 8.61. The van der Waals surface area contributed by atoms with Gasteiger partial charge in [0.15, 0.2) is 0 Å². The average molecular weight is 345 g/mol. The molecule has 2 N–H and O–H groups in total. The van der Waals surface area contributed by atoms with Crippen molar-refractivity contribution >= 4 is 23.2 Å². The molecule has 1 aromatic heterocycles. The minimum absolute atomic E-state index is 0.0132. The van der Waals surface area contributed by atoms with Gasteiger partial charge in [-0.1, -0.05) is 29.8 Å². The Hall–Kier alpha value is -2.18. The molecular formula is C18H23N3O2S. The number of carbonyl (C=O) groups is 2. The first-order valence-corrected chi connectivity index (χ1v) is 8.71. The molecule has 6 heteroatoms. The second-order valence-corrected chi connectivity index (χ2v) is 6.69. The van der Waals surface area contributed by atoms with E-state index in [4.69, 9.17) is 0 Å². The van der Waals surface area contributed by atoms with Gasteiger partial charge in [0.05, 0.1) is 6.04 Å². The number of nitrogens with zero attached hydrogens (tertiary/aromatic N) is 1. The van der Waals surface area contributed by atoms with E-state index >= 15 is 0 Å². The zero-order valence-electron chi connectivity index (χ0n) is 14.2.